The van der Waals surface area contributed by atoms with E-state index in [4.69, 9.17) is 9.52 Å². The van der Waals surface area contributed by atoms with E-state index >= 15 is 0 Å². The Hall–Kier alpha value is -1.51. The first-order chi connectivity index (χ1) is 5.24. The maximum Gasteiger partial charge on any atom is 0.227 e. The molecule has 0 unspecified atom stereocenters. The summed E-state index contributed by atoms with van der Waals surface area (Å²) in [5.41, 5.74) is -0.427. The monoisotopic (exact) mass is 152 g/mol. The molecule has 1 aromatic rings. The first-order valence-corrected chi connectivity index (χ1v) is 3.18. The third-order valence-electron chi connectivity index (χ3n) is 1.16. The zero-order valence-corrected chi connectivity index (χ0v) is 6.07. The Balaban J connectivity index is 3.15. The Morgan fingerprint density at radius 1 is 1.64 bits per heavy atom. The molecule has 1 rings (SSSR count). The van der Waals surface area contributed by atoms with Gasteiger partial charge in [0, 0.05) is 6.07 Å². The molecule has 0 aromatic carbocycles. The second-order valence-electron chi connectivity index (χ2n) is 2.03. The lowest BCUT2D eigenvalue weighted by molar-refractivity contribution is 0.427. The fourth-order valence-corrected chi connectivity index (χ4v) is 0.671. The molecule has 1 aromatic heterocycles. The van der Waals surface area contributed by atoms with Crippen LogP contribution in [0.1, 0.15) is 12.7 Å². The van der Waals surface area contributed by atoms with Gasteiger partial charge in [0.15, 0.2) is 5.75 Å². The van der Waals surface area contributed by atoms with E-state index in [-0.39, 0.29) is 5.75 Å². The highest BCUT2D eigenvalue weighted by molar-refractivity contribution is 5.42. The van der Waals surface area contributed by atoms with Crippen LogP contribution in [0.5, 0.6) is 5.75 Å². The van der Waals surface area contributed by atoms with Crippen LogP contribution in [0.15, 0.2) is 27.6 Å². The van der Waals surface area contributed by atoms with Gasteiger partial charge in [0.1, 0.15) is 12.0 Å². The molecule has 1 heterocycles. The third-order valence-corrected chi connectivity index (χ3v) is 1.16. The molecule has 58 valence electrons. The van der Waals surface area contributed by atoms with Crippen LogP contribution in [0.25, 0.3) is 6.08 Å². The van der Waals surface area contributed by atoms with E-state index < -0.39 is 5.43 Å². The summed E-state index contributed by atoms with van der Waals surface area (Å²) in [5, 5.41) is 8.78. The standard InChI is InChI=1S/C8H8O3/c1-2-3-6-4-7(9)8(10)5-11-6/h2-5,10H,1H3/b3-2+. The molecule has 0 bridgehead atoms. The number of rotatable bonds is 1. The Morgan fingerprint density at radius 2 is 2.36 bits per heavy atom. The molecular weight excluding hydrogens is 144 g/mol. The predicted octanol–water partition coefficient (Wildman–Crippen LogP) is 1.38. The fraction of sp³-hybridized carbons (Fsp3) is 0.125. The highest BCUT2D eigenvalue weighted by atomic mass is 16.3. The van der Waals surface area contributed by atoms with Crippen LogP contribution in [0.2, 0.25) is 0 Å². The minimum Gasteiger partial charge on any atom is -0.502 e. The smallest absolute Gasteiger partial charge is 0.227 e. The molecule has 0 aliphatic rings. The molecule has 1 N–H and O–H groups in total. The second kappa shape index (κ2) is 3.05. The lowest BCUT2D eigenvalue weighted by Gasteiger charge is -1.91. The normalized spacial score (nSPS) is 10.6. The Morgan fingerprint density at radius 3 is 2.91 bits per heavy atom. The fourth-order valence-electron chi connectivity index (χ4n) is 0.671. The molecule has 0 aliphatic carbocycles. The van der Waals surface area contributed by atoms with Gasteiger partial charge < -0.3 is 9.52 Å². The average molecular weight is 152 g/mol. The first-order valence-electron chi connectivity index (χ1n) is 3.18. The maximum absolute atomic E-state index is 10.8. The van der Waals surface area contributed by atoms with E-state index in [0.717, 1.165) is 6.26 Å². The van der Waals surface area contributed by atoms with Crippen LogP contribution >= 0.6 is 0 Å². The molecule has 11 heavy (non-hydrogen) atoms. The minimum atomic E-state index is -0.427. The highest BCUT2D eigenvalue weighted by Crippen LogP contribution is 2.04. The van der Waals surface area contributed by atoms with Crippen molar-refractivity contribution in [3.63, 3.8) is 0 Å². The highest BCUT2D eigenvalue weighted by Gasteiger charge is 1.96. The molecule has 0 amide bonds. The van der Waals surface area contributed by atoms with Crippen molar-refractivity contribution in [2.75, 3.05) is 0 Å². The number of allylic oxidation sites excluding steroid dienone is 1. The average Bonchev–Trinajstić information content (AvgIpc) is 1.98. The van der Waals surface area contributed by atoms with Crippen molar-refractivity contribution in [1.82, 2.24) is 0 Å². The van der Waals surface area contributed by atoms with Gasteiger partial charge in [-0.1, -0.05) is 6.08 Å². The van der Waals surface area contributed by atoms with Gasteiger partial charge in [0.25, 0.3) is 0 Å². The number of hydrogen-bond donors (Lipinski definition) is 1. The van der Waals surface area contributed by atoms with Gasteiger partial charge in [-0.3, -0.25) is 4.79 Å². The number of aromatic hydroxyl groups is 1. The predicted molar refractivity (Wildman–Crippen MR) is 41.4 cm³/mol. The van der Waals surface area contributed by atoms with Gasteiger partial charge in [0.05, 0.1) is 0 Å². The largest absolute Gasteiger partial charge is 0.502 e. The van der Waals surface area contributed by atoms with Crippen LogP contribution in [0.3, 0.4) is 0 Å². The molecular formula is C8H8O3. The van der Waals surface area contributed by atoms with E-state index in [9.17, 15) is 4.79 Å². The summed E-state index contributed by atoms with van der Waals surface area (Å²) >= 11 is 0. The molecule has 0 saturated heterocycles. The van der Waals surface area contributed by atoms with Gasteiger partial charge in [-0.2, -0.15) is 0 Å². The van der Waals surface area contributed by atoms with Crippen molar-refractivity contribution in [1.29, 1.82) is 0 Å². The van der Waals surface area contributed by atoms with Crippen LogP contribution in [0.4, 0.5) is 0 Å². The van der Waals surface area contributed by atoms with Crippen molar-refractivity contribution in [2.45, 2.75) is 6.92 Å². The van der Waals surface area contributed by atoms with E-state index in [1.807, 2.05) is 6.92 Å². The molecule has 0 saturated carbocycles. The van der Waals surface area contributed by atoms with Gasteiger partial charge in [-0.15, -0.1) is 0 Å². The Bertz CT molecular complexity index is 322. The van der Waals surface area contributed by atoms with Crippen molar-refractivity contribution in [3.05, 3.63) is 34.4 Å². The summed E-state index contributed by atoms with van der Waals surface area (Å²) in [6.07, 6.45) is 4.41. The van der Waals surface area contributed by atoms with Crippen molar-refractivity contribution in [3.8, 4) is 5.75 Å². The van der Waals surface area contributed by atoms with Gasteiger partial charge in [-0.25, -0.2) is 0 Å². The quantitative estimate of drug-likeness (QED) is 0.661. The summed E-state index contributed by atoms with van der Waals surface area (Å²) in [4.78, 5) is 10.8. The molecule has 3 nitrogen and oxygen atoms in total. The van der Waals surface area contributed by atoms with E-state index in [0.29, 0.717) is 5.76 Å². The topological polar surface area (TPSA) is 50.4 Å². The Kier molecular flexibility index (Phi) is 2.11. The van der Waals surface area contributed by atoms with Crippen molar-refractivity contribution < 1.29 is 9.52 Å². The molecule has 0 atom stereocenters. The van der Waals surface area contributed by atoms with Gasteiger partial charge in [-0.05, 0) is 13.0 Å². The maximum atomic E-state index is 10.8. The number of hydrogen-bond acceptors (Lipinski definition) is 3. The minimum absolute atomic E-state index is 0.363. The van der Waals surface area contributed by atoms with Gasteiger partial charge >= 0.3 is 0 Å². The third kappa shape index (κ3) is 1.70. The van der Waals surface area contributed by atoms with E-state index in [2.05, 4.69) is 0 Å². The van der Waals surface area contributed by atoms with E-state index in [1.54, 1.807) is 12.2 Å². The van der Waals surface area contributed by atoms with Crippen LogP contribution < -0.4 is 5.43 Å². The van der Waals surface area contributed by atoms with Crippen LogP contribution in [-0.2, 0) is 0 Å². The summed E-state index contributed by atoms with van der Waals surface area (Å²) in [6.45, 7) is 1.81. The van der Waals surface area contributed by atoms with Crippen LogP contribution in [0, 0.1) is 0 Å². The summed E-state index contributed by atoms with van der Waals surface area (Å²) in [5.74, 6) is 0.0774. The zero-order chi connectivity index (χ0) is 8.27. The lowest BCUT2D eigenvalue weighted by atomic mass is 10.3. The lowest BCUT2D eigenvalue weighted by Crippen LogP contribution is -1.97. The molecule has 0 radical (unpaired) electrons. The zero-order valence-electron chi connectivity index (χ0n) is 6.07. The van der Waals surface area contributed by atoms with Crippen LogP contribution in [-0.4, -0.2) is 5.11 Å². The van der Waals surface area contributed by atoms with Crippen molar-refractivity contribution in [2.24, 2.45) is 0 Å². The van der Waals surface area contributed by atoms with Crippen molar-refractivity contribution >= 4 is 6.08 Å². The van der Waals surface area contributed by atoms with Gasteiger partial charge in [0.2, 0.25) is 5.43 Å². The summed E-state index contributed by atoms with van der Waals surface area (Å²) in [6, 6.07) is 1.23. The molecule has 0 aliphatic heterocycles. The Labute approximate surface area is 63.6 Å². The SMILES string of the molecule is C/C=C/c1cc(=O)c(O)co1. The summed E-state index contributed by atoms with van der Waals surface area (Å²) in [7, 11) is 0. The summed E-state index contributed by atoms with van der Waals surface area (Å²) < 4.78 is 4.84. The second-order valence-corrected chi connectivity index (χ2v) is 2.03. The van der Waals surface area contributed by atoms with E-state index in [1.165, 1.54) is 6.07 Å². The first kappa shape index (κ1) is 7.60. The molecule has 0 spiro atoms. The molecule has 0 fully saturated rings. The molecule has 3 heteroatoms.